The van der Waals surface area contributed by atoms with E-state index in [0.717, 1.165) is 29.6 Å². The van der Waals surface area contributed by atoms with Crippen molar-refractivity contribution in [2.24, 2.45) is 0 Å². The molecule has 6 heteroatoms. The molecule has 20 heavy (non-hydrogen) atoms. The lowest BCUT2D eigenvalue weighted by molar-refractivity contribution is 0.265. The second kappa shape index (κ2) is 5.17. The van der Waals surface area contributed by atoms with Crippen molar-refractivity contribution in [2.45, 2.75) is 18.9 Å². The summed E-state index contributed by atoms with van der Waals surface area (Å²) in [5.41, 5.74) is 1.85. The molecular weight excluding hydrogens is 299 g/mol. The van der Waals surface area contributed by atoms with Gasteiger partial charge in [0.25, 0.3) is 0 Å². The lowest BCUT2D eigenvalue weighted by Crippen LogP contribution is -1.98. The monoisotopic (exact) mass is 310 g/mol. The number of hydrogen-bond acceptors (Lipinski definition) is 3. The Labute approximate surface area is 126 Å². The third kappa shape index (κ3) is 1.94. The molecule has 0 saturated carbocycles. The number of aliphatic hydroxyl groups is 1. The normalized spacial score (nSPS) is 17.2. The van der Waals surface area contributed by atoms with Crippen molar-refractivity contribution in [2.75, 3.05) is 13.2 Å². The smallest absolute Gasteiger partial charge is 0.174 e. The van der Waals surface area contributed by atoms with Gasteiger partial charge in [0.2, 0.25) is 0 Å². The van der Waals surface area contributed by atoms with Gasteiger partial charge >= 0.3 is 0 Å². The second-order valence-corrected chi connectivity index (χ2v) is 5.55. The van der Waals surface area contributed by atoms with Gasteiger partial charge < -0.3 is 14.4 Å². The number of ether oxygens (including phenoxy) is 1. The number of benzene rings is 1. The van der Waals surface area contributed by atoms with Crippen LogP contribution < -0.4 is 4.74 Å². The Balaban J connectivity index is 2.24. The van der Waals surface area contributed by atoms with Crippen LogP contribution in [-0.2, 0) is 6.54 Å². The summed E-state index contributed by atoms with van der Waals surface area (Å²) in [6.45, 7) is 0.856. The molecule has 0 amide bonds. The Morgan fingerprint density at radius 2 is 2.25 bits per heavy atom. The highest BCUT2D eigenvalue weighted by Gasteiger charge is 2.27. The average molecular weight is 311 g/mol. The first kappa shape index (κ1) is 13.6. The zero-order chi connectivity index (χ0) is 14.3. The number of nitriles is 1. The molecular formula is C14H12Cl2N2O2. The van der Waals surface area contributed by atoms with Crippen molar-refractivity contribution < 1.29 is 9.84 Å². The Morgan fingerprint density at radius 3 is 2.95 bits per heavy atom. The summed E-state index contributed by atoms with van der Waals surface area (Å²) in [4.78, 5) is 0. The van der Waals surface area contributed by atoms with Gasteiger partial charge in [0.05, 0.1) is 22.2 Å². The number of aliphatic hydroxyl groups excluding tert-OH is 1. The predicted molar refractivity (Wildman–Crippen MR) is 77.5 cm³/mol. The van der Waals surface area contributed by atoms with Crippen molar-refractivity contribution in [1.82, 2.24) is 4.57 Å². The van der Waals surface area contributed by atoms with Crippen molar-refractivity contribution >= 4 is 34.1 Å². The first-order chi connectivity index (χ1) is 9.67. The third-order valence-electron chi connectivity index (χ3n) is 3.70. The molecule has 2 aromatic rings. The predicted octanol–water partition coefficient (Wildman–Crippen LogP) is 3.33. The highest BCUT2D eigenvalue weighted by molar-refractivity contribution is 6.45. The molecule has 0 bridgehead atoms. The van der Waals surface area contributed by atoms with Gasteiger partial charge in [0, 0.05) is 29.6 Å². The molecule has 1 unspecified atom stereocenters. The first-order valence-electron chi connectivity index (χ1n) is 6.29. The van der Waals surface area contributed by atoms with Crippen LogP contribution in [0.2, 0.25) is 10.0 Å². The minimum absolute atomic E-state index is 0.0446. The molecule has 4 nitrogen and oxygen atoms in total. The Bertz CT molecular complexity index is 718. The molecule has 3 rings (SSSR count). The van der Waals surface area contributed by atoms with Crippen LogP contribution in [0.4, 0.5) is 0 Å². The van der Waals surface area contributed by atoms with Crippen LogP contribution in [0.15, 0.2) is 12.1 Å². The van der Waals surface area contributed by atoms with Gasteiger partial charge in [-0.25, -0.2) is 0 Å². The number of halogens is 2. The summed E-state index contributed by atoms with van der Waals surface area (Å²) in [7, 11) is 0. The molecule has 0 aliphatic carbocycles. The SMILES string of the molecule is N#CCOc1cc(Cl)c(Cl)c2c1cc1n2CCC1CO. The minimum Gasteiger partial charge on any atom is -0.478 e. The summed E-state index contributed by atoms with van der Waals surface area (Å²) in [5.74, 6) is 0.663. The van der Waals surface area contributed by atoms with Crippen LogP contribution in [0.5, 0.6) is 5.75 Å². The van der Waals surface area contributed by atoms with E-state index < -0.39 is 0 Å². The van der Waals surface area contributed by atoms with E-state index in [1.165, 1.54) is 0 Å². The van der Waals surface area contributed by atoms with Crippen LogP contribution >= 0.6 is 23.2 Å². The molecule has 104 valence electrons. The number of aromatic nitrogens is 1. The molecule has 1 aromatic carbocycles. The maximum Gasteiger partial charge on any atom is 0.174 e. The average Bonchev–Trinajstić information content (AvgIpc) is 2.99. The number of hydrogen-bond donors (Lipinski definition) is 1. The molecule has 1 atom stereocenters. The first-order valence-corrected chi connectivity index (χ1v) is 7.04. The fraction of sp³-hybridized carbons (Fsp3) is 0.357. The van der Waals surface area contributed by atoms with Crippen molar-refractivity contribution in [3.63, 3.8) is 0 Å². The number of nitrogens with zero attached hydrogens (tertiary/aromatic N) is 2. The summed E-state index contributed by atoms with van der Waals surface area (Å²) in [6.07, 6.45) is 0.888. The lowest BCUT2D eigenvalue weighted by Gasteiger charge is -2.09. The molecule has 1 aliphatic rings. The summed E-state index contributed by atoms with van der Waals surface area (Å²) in [6, 6.07) is 5.54. The summed E-state index contributed by atoms with van der Waals surface area (Å²) < 4.78 is 7.50. The van der Waals surface area contributed by atoms with E-state index in [1.54, 1.807) is 6.07 Å². The third-order valence-corrected chi connectivity index (χ3v) is 4.48. The largest absolute Gasteiger partial charge is 0.478 e. The van der Waals surface area contributed by atoms with Gasteiger partial charge in [0.15, 0.2) is 6.61 Å². The molecule has 2 heterocycles. The van der Waals surface area contributed by atoms with E-state index in [4.69, 9.17) is 33.2 Å². The topological polar surface area (TPSA) is 58.2 Å². The number of fused-ring (bicyclic) bond motifs is 3. The van der Waals surface area contributed by atoms with Crippen LogP contribution in [0.1, 0.15) is 18.0 Å². The van der Waals surface area contributed by atoms with Gasteiger partial charge in [0.1, 0.15) is 11.8 Å². The van der Waals surface area contributed by atoms with Crippen molar-refractivity contribution in [3.05, 3.63) is 27.9 Å². The molecule has 0 fully saturated rings. The number of aryl methyl sites for hydroxylation is 1. The fourth-order valence-corrected chi connectivity index (χ4v) is 3.24. The molecule has 1 aromatic heterocycles. The zero-order valence-corrected chi connectivity index (χ0v) is 12.1. The molecule has 1 aliphatic heterocycles. The van der Waals surface area contributed by atoms with E-state index in [1.807, 2.05) is 12.1 Å². The quantitative estimate of drug-likeness (QED) is 0.946. The lowest BCUT2D eigenvalue weighted by atomic mass is 10.1. The highest BCUT2D eigenvalue weighted by Crippen LogP contribution is 2.43. The van der Waals surface area contributed by atoms with E-state index in [2.05, 4.69) is 4.57 Å². The van der Waals surface area contributed by atoms with Gasteiger partial charge in [-0.15, -0.1) is 0 Å². The summed E-state index contributed by atoms with van der Waals surface area (Å²) >= 11 is 12.5. The summed E-state index contributed by atoms with van der Waals surface area (Å²) in [5, 5.41) is 19.8. The van der Waals surface area contributed by atoms with Gasteiger partial charge in [-0.3, -0.25) is 0 Å². The Hall–Kier alpha value is -1.41. The zero-order valence-electron chi connectivity index (χ0n) is 10.6. The van der Waals surface area contributed by atoms with Crippen LogP contribution in [-0.4, -0.2) is 22.9 Å². The molecule has 0 radical (unpaired) electrons. The molecule has 0 saturated heterocycles. The van der Waals surface area contributed by atoms with Gasteiger partial charge in [-0.2, -0.15) is 5.26 Å². The Morgan fingerprint density at radius 1 is 1.45 bits per heavy atom. The maximum atomic E-state index is 9.43. The highest BCUT2D eigenvalue weighted by atomic mass is 35.5. The van der Waals surface area contributed by atoms with E-state index in [9.17, 15) is 5.11 Å². The van der Waals surface area contributed by atoms with Crippen LogP contribution in [0.3, 0.4) is 0 Å². The minimum atomic E-state index is -0.0446. The van der Waals surface area contributed by atoms with E-state index in [-0.39, 0.29) is 19.1 Å². The van der Waals surface area contributed by atoms with E-state index >= 15 is 0 Å². The Kier molecular flexibility index (Phi) is 3.51. The van der Waals surface area contributed by atoms with Gasteiger partial charge in [-0.05, 0) is 12.5 Å². The molecule has 1 N–H and O–H groups in total. The standard InChI is InChI=1S/C14H12Cl2N2O2/c15-10-6-12(20-4-2-17)9-5-11-8(7-19)1-3-18(11)14(9)13(10)16/h5-6,8,19H,1,3-4,7H2. The fourth-order valence-electron chi connectivity index (χ4n) is 2.79. The number of rotatable bonds is 3. The van der Waals surface area contributed by atoms with E-state index in [0.29, 0.717) is 15.8 Å². The second-order valence-electron chi connectivity index (χ2n) is 4.77. The van der Waals surface area contributed by atoms with Crippen molar-refractivity contribution in [1.29, 1.82) is 5.26 Å². The van der Waals surface area contributed by atoms with Crippen molar-refractivity contribution in [3.8, 4) is 11.8 Å². The van der Waals surface area contributed by atoms with Gasteiger partial charge in [-0.1, -0.05) is 23.2 Å². The molecule has 0 spiro atoms. The maximum absolute atomic E-state index is 9.43. The van der Waals surface area contributed by atoms with Crippen LogP contribution in [0.25, 0.3) is 10.9 Å². The van der Waals surface area contributed by atoms with Crippen LogP contribution in [0, 0.1) is 11.3 Å².